The first-order valence-corrected chi connectivity index (χ1v) is 9.20. The van der Waals surface area contributed by atoms with E-state index in [1.807, 2.05) is 38.1 Å². The molecule has 0 bridgehead atoms. The van der Waals surface area contributed by atoms with E-state index in [1.165, 1.54) is 0 Å². The second kappa shape index (κ2) is 7.31. The van der Waals surface area contributed by atoms with Crippen LogP contribution < -0.4 is 5.32 Å². The fraction of sp³-hybridized carbons (Fsp3) is 0.500. The Morgan fingerprint density at radius 3 is 2.77 bits per heavy atom. The summed E-state index contributed by atoms with van der Waals surface area (Å²) in [6.07, 6.45) is 0. The van der Waals surface area contributed by atoms with Crippen LogP contribution in [0.25, 0.3) is 10.9 Å². The molecular formula is C20H25N3O3. The molecule has 6 heteroatoms. The number of amides is 1. The summed E-state index contributed by atoms with van der Waals surface area (Å²) in [5, 5.41) is 4.11. The molecule has 2 fully saturated rings. The molecular weight excluding hydrogens is 330 g/mol. The maximum absolute atomic E-state index is 13.1. The zero-order valence-electron chi connectivity index (χ0n) is 15.3. The molecule has 0 aliphatic carbocycles. The van der Waals surface area contributed by atoms with Crippen LogP contribution in [-0.2, 0) is 9.47 Å². The van der Waals surface area contributed by atoms with Crippen molar-refractivity contribution in [3.63, 3.8) is 0 Å². The zero-order valence-corrected chi connectivity index (χ0v) is 15.3. The van der Waals surface area contributed by atoms with E-state index in [9.17, 15) is 4.79 Å². The van der Waals surface area contributed by atoms with Crippen molar-refractivity contribution in [3.8, 4) is 0 Å². The molecule has 2 aliphatic heterocycles. The van der Waals surface area contributed by atoms with E-state index in [1.54, 1.807) is 0 Å². The number of fused-ring (bicyclic) bond motifs is 1. The van der Waals surface area contributed by atoms with Gasteiger partial charge in [-0.1, -0.05) is 11.6 Å². The number of nitrogens with one attached hydrogen (secondary N) is 1. The van der Waals surface area contributed by atoms with Crippen molar-refractivity contribution in [1.82, 2.24) is 15.2 Å². The van der Waals surface area contributed by atoms with Gasteiger partial charge in [0.1, 0.15) is 0 Å². The second-order valence-corrected chi connectivity index (χ2v) is 7.16. The number of ether oxygens (including phenoxy) is 2. The number of carbonyl (C=O) groups is 1. The number of carbonyl (C=O) groups excluding carboxylic acids is 1. The average Bonchev–Trinajstić information content (AvgIpc) is 3.10. The Morgan fingerprint density at radius 1 is 1.15 bits per heavy atom. The molecule has 0 spiro atoms. The summed E-state index contributed by atoms with van der Waals surface area (Å²) < 4.78 is 11.1. The van der Waals surface area contributed by atoms with Crippen molar-refractivity contribution in [3.05, 3.63) is 41.1 Å². The smallest absolute Gasteiger partial charge is 0.252 e. The van der Waals surface area contributed by atoms with Gasteiger partial charge >= 0.3 is 0 Å². The highest BCUT2D eigenvalue weighted by molar-refractivity contribution is 6.06. The van der Waals surface area contributed by atoms with Crippen molar-refractivity contribution in [1.29, 1.82) is 0 Å². The maximum atomic E-state index is 13.1. The summed E-state index contributed by atoms with van der Waals surface area (Å²) >= 11 is 0. The lowest BCUT2D eigenvalue weighted by Gasteiger charge is -2.34. The minimum atomic E-state index is -0.0557. The van der Waals surface area contributed by atoms with Gasteiger partial charge in [-0.3, -0.25) is 14.7 Å². The van der Waals surface area contributed by atoms with Gasteiger partial charge in [0.05, 0.1) is 49.6 Å². The standard InChI is InChI=1S/C20H25N3O3/c1-13-3-4-17-15(9-13)16(10-14(2)21-17)20(24)22-18-11-26-12-19(18)23-5-7-25-8-6-23/h3-4,9-10,18-19H,5-8,11-12H2,1-2H3,(H,22,24)/t18-,19-/m0/s1. The van der Waals surface area contributed by atoms with Crippen molar-refractivity contribution < 1.29 is 14.3 Å². The molecule has 0 unspecified atom stereocenters. The summed E-state index contributed by atoms with van der Waals surface area (Å²) in [7, 11) is 0. The predicted octanol–water partition coefficient (Wildman–Crippen LogP) is 1.68. The number of morpholine rings is 1. The molecule has 0 radical (unpaired) electrons. The number of hydrogen-bond acceptors (Lipinski definition) is 5. The highest BCUT2D eigenvalue weighted by atomic mass is 16.5. The molecule has 26 heavy (non-hydrogen) atoms. The lowest BCUT2D eigenvalue weighted by molar-refractivity contribution is 0.0108. The number of benzene rings is 1. The van der Waals surface area contributed by atoms with Crippen LogP contribution in [0.3, 0.4) is 0 Å². The summed E-state index contributed by atoms with van der Waals surface area (Å²) in [5.74, 6) is -0.0557. The van der Waals surface area contributed by atoms with Gasteiger partial charge in [-0.05, 0) is 32.0 Å². The second-order valence-electron chi connectivity index (χ2n) is 7.16. The Balaban J connectivity index is 1.58. The van der Waals surface area contributed by atoms with Crippen LogP contribution in [-0.4, -0.2) is 67.4 Å². The van der Waals surface area contributed by atoms with Gasteiger partial charge in [-0.2, -0.15) is 0 Å². The largest absolute Gasteiger partial charge is 0.379 e. The average molecular weight is 355 g/mol. The third kappa shape index (κ3) is 3.45. The van der Waals surface area contributed by atoms with Gasteiger partial charge in [-0.25, -0.2) is 0 Å². The fourth-order valence-electron chi connectivity index (χ4n) is 3.86. The van der Waals surface area contributed by atoms with E-state index in [0.29, 0.717) is 18.8 Å². The lowest BCUT2D eigenvalue weighted by atomic mass is 10.0. The third-order valence-electron chi connectivity index (χ3n) is 5.22. The van der Waals surface area contributed by atoms with Gasteiger partial charge < -0.3 is 14.8 Å². The highest BCUT2D eigenvalue weighted by Crippen LogP contribution is 2.21. The maximum Gasteiger partial charge on any atom is 0.252 e. The predicted molar refractivity (Wildman–Crippen MR) is 99.5 cm³/mol. The van der Waals surface area contributed by atoms with E-state index in [-0.39, 0.29) is 18.0 Å². The van der Waals surface area contributed by atoms with E-state index in [4.69, 9.17) is 9.47 Å². The molecule has 1 aromatic heterocycles. The monoisotopic (exact) mass is 355 g/mol. The van der Waals surface area contributed by atoms with Crippen LogP contribution in [0.4, 0.5) is 0 Å². The minimum Gasteiger partial charge on any atom is -0.379 e. The first-order chi connectivity index (χ1) is 12.6. The molecule has 1 aromatic carbocycles. The van der Waals surface area contributed by atoms with Crippen LogP contribution in [0.15, 0.2) is 24.3 Å². The Hall–Kier alpha value is -2.02. The molecule has 2 atom stereocenters. The number of aromatic nitrogens is 1. The SMILES string of the molecule is Cc1ccc2nc(C)cc(C(=O)N[C@H]3COC[C@@H]3N3CCOCC3)c2c1. The molecule has 2 aliphatic rings. The van der Waals surface area contributed by atoms with E-state index < -0.39 is 0 Å². The van der Waals surface area contributed by atoms with Gasteiger partial charge in [0.15, 0.2) is 0 Å². The van der Waals surface area contributed by atoms with Gasteiger partial charge in [0.2, 0.25) is 0 Å². The quantitative estimate of drug-likeness (QED) is 0.908. The van der Waals surface area contributed by atoms with Crippen LogP contribution in [0, 0.1) is 13.8 Å². The van der Waals surface area contributed by atoms with Gasteiger partial charge in [-0.15, -0.1) is 0 Å². The molecule has 2 aromatic rings. The summed E-state index contributed by atoms with van der Waals surface area (Å²) in [6.45, 7) is 8.41. The van der Waals surface area contributed by atoms with Gasteiger partial charge in [0.25, 0.3) is 5.91 Å². The van der Waals surface area contributed by atoms with E-state index >= 15 is 0 Å². The number of rotatable bonds is 3. The number of nitrogens with zero attached hydrogens (tertiary/aromatic N) is 2. The lowest BCUT2D eigenvalue weighted by Crippen LogP contribution is -2.54. The summed E-state index contributed by atoms with van der Waals surface area (Å²) in [6, 6.07) is 8.10. The van der Waals surface area contributed by atoms with Crippen LogP contribution in [0.2, 0.25) is 0 Å². The molecule has 138 valence electrons. The molecule has 6 nitrogen and oxygen atoms in total. The van der Waals surface area contributed by atoms with Crippen LogP contribution >= 0.6 is 0 Å². The van der Waals surface area contributed by atoms with E-state index in [2.05, 4.69) is 15.2 Å². The van der Waals surface area contributed by atoms with Crippen LogP contribution in [0.5, 0.6) is 0 Å². The highest BCUT2D eigenvalue weighted by Gasteiger charge is 2.35. The first-order valence-electron chi connectivity index (χ1n) is 9.20. The zero-order chi connectivity index (χ0) is 18.1. The number of pyridine rings is 1. The topological polar surface area (TPSA) is 63.7 Å². The Kier molecular flexibility index (Phi) is 4.89. The van der Waals surface area contributed by atoms with Crippen molar-refractivity contribution in [2.45, 2.75) is 25.9 Å². The first kappa shape index (κ1) is 17.4. The summed E-state index contributed by atoms with van der Waals surface area (Å²) in [4.78, 5) is 20.0. The molecule has 1 N–H and O–H groups in total. The fourth-order valence-corrected chi connectivity index (χ4v) is 3.86. The van der Waals surface area contributed by atoms with Crippen LogP contribution in [0.1, 0.15) is 21.6 Å². The Bertz CT molecular complexity index is 817. The third-order valence-corrected chi connectivity index (χ3v) is 5.22. The normalized spacial score (nSPS) is 24.1. The Morgan fingerprint density at radius 2 is 1.96 bits per heavy atom. The molecule has 3 heterocycles. The molecule has 1 amide bonds. The van der Waals surface area contributed by atoms with Crippen molar-refractivity contribution in [2.24, 2.45) is 0 Å². The Labute approximate surface area is 153 Å². The minimum absolute atomic E-state index is 0.00562. The van der Waals surface area contributed by atoms with Crippen molar-refractivity contribution >= 4 is 16.8 Å². The molecule has 0 saturated carbocycles. The molecule has 4 rings (SSSR count). The van der Waals surface area contributed by atoms with Gasteiger partial charge in [0, 0.05) is 24.2 Å². The van der Waals surface area contributed by atoms with Crippen molar-refractivity contribution in [2.75, 3.05) is 39.5 Å². The number of hydrogen-bond donors (Lipinski definition) is 1. The van der Waals surface area contributed by atoms with E-state index in [0.717, 1.165) is 48.5 Å². The summed E-state index contributed by atoms with van der Waals surface area (Å²) in [5.41, 5.74) is 3.50. The number of aryl methyl sites for hydroxylation is 2. The molecule has 2 saturated heterocycles.